The summed E-state index contributed by atoms with van der Waals surface area (Å²) < 4.78 is 0.708. The first-order chi connectivity index (χ1) is 7.66. The van der Waals surface area contributed by atoms with Gasteiger partial charge in [0.2, 0.25) is 0 Å². The number of piperidine rings is 1. The molecule has 0 bridgehead atoms. The lowest BCUT2D eigenvalue weighted by atomic mass is 10.1. The Morgan fingerprint density at radius 3 is 2.50 bits per heavy atom. The highest BCUT2D eigenvalue weighted by atomic mass is 79.9. The highest BCUT2D eigenvalue weighted by Crippen LogP contribution is 2.23. The molecule has 1 aromatic rings. The molecular formula is C12H18BrN3. The van der Waals surface area contributed by atoms with Crippen molar-refractivity contribution in [1.29, 1.82) is 0 Å². The zero-order valence-corrected chi connectivity index (χ0v) is 11.5. The number of hydrogen-bond donors (Lipinski definition) is 0. The molecule has 0 spiro atoms. The van der Waals surface area contributed by atoms with Crippen molar-refractivity contribution in [3.05, 3.63) is 16.5 Å². The van der Waals surface area contributed by atoms with Crippen molar-refractivity contribution in [2.24, 2.45) is 0 Å². The van der Waals surface area contributed by atoms with Gasteiger partial charge in [0.15, 0.2) is 4.73 Å². The van der Waals surface area contributed by atoms with Crippen molar-refractivity contribution >= 4 is 21.7 Å². The van der Waals surface area contributed by atoms with Gasteiger partial charge in [0.1, 0.15) is 5.82 Å². The van der Waals surface area contributed by atoms with Crippen LogP contribution in [-0.2, 0) is 0 Å². The van der Waals surface area contributed by atoms with E-state index in [1.807, 2.05) is 0 Å². The van der Waals surface area contributed by atoms with Gasteiger partial charge in [-0.3, -0.25) is 0 Å². The zero-order valence-electron chi connectivity index (χ0n) is 9.91. The van der Waals surface area contributed by atoms with Gasteiger partial charge < -0.3 is 4.90 Å². The van der Waals surface area contributed by atoms with E-state index < -0.39 is 0 Å². The summed E-state index contributed by atoms with van der Waals surface area (Å²) in [5.41, 5.74) is 1.11. The first-order valence-electron chi connectivity index (χ1n) is 5.96. The Hall–Kier alpha value is -0.640. The van der Waals surface area contributed by atoms with Crippen LogP contribution in [0.4, 0.5) is 5.82 Å². The van der Waals surface area contributed by atoms with Crippen LogP contribution in [0.1, 0.15) is 44.7 Å². The topological polar surface area (TPSA) is 29.0 Å². The molecule has 0 atom stereocenters. The second-order valence-corrected chi connectivity index (χ2v) is 5.33. The van der Waals surface area contributed by atoms with E-state index in [-0.39, 0.29) is 0 Å². The summed E-state index contributed by atoms with van der Waals surface area (Å²) in [4.78, 5) is 11.2. The van der Waals surface area contributed by atoms with Gasteiger partial charge in [-0.2, -0.15) is 0 Å². The fourth-order valence-electron chi connectivity index (χ4n) is 2.00. The summed E-state index contributed by atoms with van der Waals surface area (Å²) >= 11 is 3.40. The molecule has 0 unspecified atom stereocenters. The molecule has 1 aromatic heterocycles. The van der Waals surface area contributed by atoms with Crippen molar-refractivity contribution in [3.8, 4) is 0 Å². The fourth-order valence-corrected chi connectivity index (χ4v) is 2.39. The van der Waals surface area contributed by atoms with Gasteiger partial charge in [0, 0.05) is 24.8 Å². The molecule has 88 valence electrons. The third kappa shape index (κ3) is 2.73. The minimum Gasteiger partial charge on any atom is -0.356 e. The molecule has 1 aliphatic heterocycles. The summed E-state index contributed by atoms with van der Waals surface area (Å²) in [6.07, 6.45) is 3.90. The third-order valence-electron chi connectivity index (χ3n) is 2.98. The van der Waals surface area contributed by atoms with Gasteiger partial charge in [-0.15, -0.1) is 0 Å². The number of halogens is 1. The summed E-state index contributed by atoms with van der Waals surface area (Å²) in [5, 5.41) is 0. The molecule has 2 heterocycles. The maximum Gasteiger partial charge on any atom is 0.198 e. The third-order valence-corrected chi connectivity index (χ3v) is 3.33. The molecule has 2 rings (SSSR count). The Labute approximate surface area is 105 Å². The van der Waals surface area contributed by atoms with Crippen molar-refractivity contribution < 1.29 is 0 Å². The Balaban J connectivity index is 2.25. The molecule has 1 saturated heterocycles. The lowest BCUT2D eigenvalue weighted by Gasteiger charge is -2.28. The first-order valence-corrected chi connectivity index (χ1v) is 6.75. The Morgan fingerprint density at radius 1 is 1.19 bits per heavy atom. The number of rotatable bonds is 2. The predicted octanol–water partition coefficient (Wildman–Crippen LogP) is 3.35. The van der Waals surface area contributed by atoms with Crippen LogP contribution in [0, 0.1) is 0 Å². The van der Waals surface area contributed by atoms with Crippen molar-refractivity contribution in [3.63, 3.8) is 0 Å². The van der Waals surface area contributed by atoms with Crippen LogP contribution in [0.25, 0.3) is 0 Å². The Bertz CT molecular complexity index is 359. The fraction of sp³-hybridized carbons (Fsp3) is 0.667. The van der Waals surface area contributed by atoms with Crippen LogP contribution in [0.15, 0.2) is 10.8 Å². The molecule has 3 nitrogen and oxygen atoms in total. The minimum atomic E-state index is 0.447. The normalized spacial score (nSPS) is 16.9. The summed E-state index contributed by atoms with van der Waals surface area (Å²) in [6, 6.07) is 2.13. The second kappa shape index (κ2) is 5.13. The highest BCUT2D eigenvalue weighted by molar-refractivity contribution is 9.10. The average molecular weight is 284 g/mol. The van der Waals surface area contributed by atoms with Gasteiger partial charge in [-0.1, -0.05) is 13.8 Å². The molecule has 1 aliphatic rings. The number of hydrogen-bond acceptors (Lipinski definition) is 3. The van der Waals surface area contributed by atoms with Crippen molar-refractivity contribution in [1.82, 2.24) is 9.97 Å². The van der Waals surface area contributed by atoms with Crippen molar-refractivity contribution in [2.75, 3.05) is 18.0 Å². The largest absolute Gasteiger partial charge is 0.356 e. The van der Waals surface area contributed by atoms with E-state index in [1.165, 1.54) is 19.3 Å². The smallest absolute Gasteiger partial charge is 0.198 e. The molecular weight excluding hydrogens is 266 g/mol. The van der Waals surface area contributed by atoms with Crippen LogP contribution < -0.4 is 4.90 Å². The monoisotopic (exact) mass is 283 g/mol. The lowest BCUT2D eigenvalue weighted by molar-refractivity contribution is 0.571. The van der Waals surface area contributed by atoms with Crippen LogP contribution in [-0.4, -0.2) is 23.1 Å². The number of nitrogens with zero attached hydrogens (tertiary/aromatic N) is 3. The van der Waals surface area contributed by atoms with Gasteiger partial charge in [0.05, 0.1) is 0 Å². The van der Waals surface area contributed by atoms with Gasteiger partial charge in [-0.25, -0.2) is 9.97 Å². The summed E-state index contributed by atoms with van der Waals surface area (Å²) in [7, 11) is 0. The number of aromatic nitrogens is 2. The first kappa shape index (κ1) is 11.8. The van der Waals surface area contributed by atoms with Gasteiger partial charge >= 0.3 is 0 Å². The molecule has 0 aromatic carbocycles. The zero-order chi connectivity index (χ0) is 11.5. The molecule has 1 fully saturated rings. The quantitative estimate of drug-likeness (QED) is 0.780. The second-order valence-electron chi connectivity index (χ2n) is 4.62. The van der Waals surface area contributed by atoms with E-state index in [4.69, 9.17) is 0 Å². The molecule has 0 radical (unpaired) electrons. The van der Waals surface area contributed by atoms with Gasteiger partial charge in [0.25, 0.3) is 0 Å². The Kier molecular flexibility index (Phi) is 3.79. The van der Waals surface area contributed by atoms with E-state index in [0.29, 0.717) is 10.7 Å². The van der Waals surface area contributed by atoms with E-state index in [2.05, 4.69) is 50.7 Å². The van der Waals surface area contributed by atoms with Crippen LogP contribution in [0.5, 0.6) is 0 Å². The molecule has 0 aliphatic carbocycles. The maximum atomic E-state index is 4.47. The molecule has 4 heteroatoms. The van der Waals surface area contributed by atoms with Crippen LogP contribution in [0.2, 0.25) is 0 Å². The van der Waals surface area contributed by atoms with Crippen LogP contribution in [0.3, 0.4) is 0 Å². The van der Waals surface area contributed by atoms with E-state index in [0.717, 1.165) is 24.6 Å². The van der Waals surface area contributed by atoms with E-state index >= 15 is 0 Å². The summed E-state index contributed by atoms with van der Waals surface area (Å²) in [5.74, 6) is 1.52. The van der Waals surface area contributed by atoms with Gasteiger partial charge in [-0.05, 0) is 41.1 Å². The van der Waals surface area contributed by atoms with E-state index in [1.54, 1.807) is 0 Å². The van der Waals surface area contributed by atoms with E-state index in [9.17, 15) is 0 Å². The molecule has 0 saturated carbocycles. The molecule has 16 heavy (non-hydrogen) atoms. The number of anilines is 1. The minimum absolute atomic E-state index is 0.447. The molecule has 0 amide bonds. The summed E-state index contributed by atoms with van der Waals surface area (Å²) in [6.45, 7) is 6.57. The maximum absolute atomic E-state index is 4.47. The predicted molar refractivity (Wildman–Crippen MR) is 69.9 cm³/mol. The lowest BCUT2D eigenvalue weighted by Crippen LogP contribution is -2.30. The van der Waals surface area contributed by atoms with Crippen LogP contribution >= 0.6 is 15.9 Å². The highest BCUT2D eigenvalue weighted by Gasteiger charge is 2.14. The average Bonchev–Trinajstić information content (AvgIpc) is 2.29. The SMILES string of the molecule is CC(C)c1cc(N2CCCCC2)nc(Br)n1. The van der Waals surface area contributed by atoms with Crippen molar-refractivity contribution in [2.45, 2.75) is 39.0 Å². The standard InChI is InChI=1S/C12H18BrN3/c1-9(2)10-8-11(15-12(13)14-10)16-6-4-3-5-7-16/h8-9H,3-7H2,1-2H3. The Morgan fingerprint density at radius 2 is 1.88 bits per heavy atom. The molecule has 0 N–H and O–H groups in total.